The average molecular weight is 665 g/mol. The minimum Gasteiger partial charge on any atom is -0.309 e. The molecule has 0 unspecified atom stereocenters. The van der Waals surface area contributed by atoms with Crippen LogP contribution < -0.4 is 0 Å². The van der Waals surface area contributed by atoms with Crippen molar-refractivity contribution in [2.45, 2.75) is 0 Å². The van der Waals surface area contributed by atoms with Crippen molar-refractivity contribution < 1.29 is 0 Å². The van der Waals surface area contributed by atoms with Crippen LogP contribution in [-0.4, -0.2) is 24.1 Å². The Balaban J connectivity index is 1.22. The van der Waals surface area contributed by atoms with Gasteiger partial charge in [-0.1, -0.05) is 109 Å². The number of nitrogens with zero attached hydrogens (tertiary/aromatic N) is 6. The monoisotopic (exact) mass is 664 g/mol. The molecule has 0 radical (unpaired) electrons. The zero-order chi connectivity index (χ0) is 34.6. The molecule has 0 spiro atoms. The van der Waals surface area contributed by atoms with Crippen molar-refractivity contribution >= 4 is 43.6 Å². The molecule has 0 aliphatic rings. The van der Waals surface area contributed by atoms with Crippen molar-refractivity contribution in [1.82, 2.24) is 24.1 Å². The number of rotatable bonds is 5. The highest BCUT2D eigenvalue weighted by Gasteiger charge is 2.21. The van der Waals surface area contributed by atoms with E-state index in [1.807, 2.05) is 66.7 Å². The molecule has 52 heavy (non-hydrogen) atoms. The predicted octanol–water partition coefficient (Wildman–Crippen LogP) is 10.9. The molecular weight excluding hydrogens is 637 g/mol. The first-order valence-electron chi connectivity index (χ1n) is 17.2. The Bertz CT molecular complexity index is 3020. The summed E-state index contributed by atoms with van der Waals surface area (Å²) in [5, 5.41) is 14.4. The Morgan fingerprint density at radius 3 is 1.92 bits per heavy atom. The summed E-state index contributed by atoms with van der Waals surface area (Å²) in [4.78, 5) is 15.3. The van der Waals surface area contributed by atoms with E-state index in [-0.39, 0.29) is 0 Å². The number of hydrogen-bond acceptors (Lipinski definition) is 4. The van der Waals surface area contributed by atoms with Gasteiger partial charge in [0.05, 0.1) is 50.8 Å². The average Bonchev–Trinajstić information content (AvgIpc) is 3.74. The zero-order valence-corrected chi connectivity index (χ0v) is 27.8. The van der Waals surface area contributed by atoms with Gasteiger partial charge >= 0.3 is 0 Å². The fourth-order valence-electron chi connectivity index (χ4n) is 7.48. The van der Waals surface area contributed by atoms with Gasteiger partial charge in [0.15, 0.2) is 5.82 Å². The highest BCUT2D eigenvalue weighted by molar-refractivity contribution is 6.26. The van der Waals surface area contributed by atoms with Crippen LogP contribution in [0.25, 0.3) is 89.2 Å². The maximum absolute atomic E-state index is 9.62. The quantitative estimate of drug-likeness (QED) is 0.184. The van der Waals surface area contributed by atoms with Crippen LogP contribution in [-0.2, 0) is 0 Å². The van der Waals surface area contributed by atoms with Crippen molar-refractivity contribution in [3.63, 3.8) is 0 Å². The Kier molecular flexibility index (Phi) is 6.76. The lowest BCUT2D eigenvalue weighted by Crippen LogP contribution is -2.01. The number of aromatic nitrogens is 5. The molecule has 0 N–H and O–H groups in total. The number of pyridine rings is 1. The molecule has 4 aromatic heterocycles. The number of hydrogen-bond donors (Lipinski definition) is 0. The third-order valence-corrected chi connectivity index (χ3v) is 9.76. The van der Waals surface area contributed by atoms with E-state index < -0.39 is 0 Å². The van der Waals surface area contributed by atoms with Gasteiger partial charge in [-0.05, 0) is 60.7 Å². The summed E-state index contributed by atoms with van der Waals surface area (Å²) in [5.41, 5.74) is 10.1. The minimum atomic E-state index is 0.575. The summed E-state index contributed by atoms with van der Waals surface area (Å²) >= 11 is 0. The number of nitriles is 1. The third kappa shape index (κ3) is 4.68. The zero-order valence-electron chi connectivity index (χ0n) is 27.8. The van der Waals surface area contributed by atoms with E-state index in [0.717, 1.165) is 50.4 Å². The van der Waals surface area contributed by atoms with Crippen LogP contribution in [0.2, 0.25) is 0 Å². The molecule has 0 aliphatic heterocycles. The first-order chi connectivity index (χ1) is 25.7. The van der Waals surface area contributed by atoms with E-state index in [4.69, 9.17) is 15.0 Å². The lowest BCUT2D eigenvalue weighted by atomic mass is 10.1. The van der Waals surface area contributed by atoms with Crippen LogP contribution in [0.15, 0.2) is 170 Å². The first-order valence-corrected chi connectivity index (χ1v) is 17.2. The van der Waals surface area contributed by atoms with Crippen LogP contribution in [0, 0.1) is 11.3 Å². The topological polar surface area (TPSA) is 72.3 Å². The van der Waals surface area contributed by atoms with Gasteiger partial charge in [0, 0.05) is 38.4 Å². The molecule has 0 saturated carbocycles. The van der Waals surface area contributed by atoms with Crippen molar-refractivity contribution in [2.75, 3.05) is 0 Å². The van der Waals surface area contributed by atoms with Gasteiger partial charge < -0.3 is 4.57 Å². The van der Waals surface area contributed by atoms with Crippen molar-refractivity contribution in [3.05, 3.63) is 175 Å². The van der Waals surface area contributed by atoms with E-state index in [1.165, 1.54) is 27.2 Å². The molecular formula is C46H28N6. The predicted molar refractivity (Wildman–Crippen MR) is 210 cm³/mol. The van der Waals surface area contributed by atoms with Crippen LogP contribution in [0.3, 0.4) is 0 Å². The molecule has 0 fully saturated rings. The summed E-state index contributed by atoms with van der Waals surface area (Å²) in [5.74, 6) is 1.38. The molecule has 4 heterocycles. The van der Waals surface area contributed by atoms with Crippen LogP contribution >= 0.6 is 0 Å². The number of benzene rings is 6. The Hall–Kier alpha value is -7.36. The first kappa shape index (κ1) is 29.5. The van der Waals surface area contributed by atoms with Crippen LogP contribution in [0.5, 0.6) is 0 Å². The fourth-order valence-corrected chi connectivity index (χ4v) is 7.48. The highest BCUT2D eigenvalue weighted by atomic mass is 15.1. The second kappa shape index (κ2) is 11.9. The van der Waals surface area contributed by atoms with Crippen LogP contribution in [0.1, 0.15) is 5.56 Å². The molecule has 0 bridgehead atoms. The van der Waals surface area contributed by atoms with Gasteiger partial charge in [0.2, 0.25) is 0 Å². The lowest BCUT2D eigenvalue weighted by Gasteiger charge is -2.12. The van der Waals surface area contributed by atoms with Crippen molar-refractivity contribution in [1.29, 1.82) is 5.26 Å². The summed E-state index contributed by atoms with van der Waals surface area (Å²) < 4.78 is 4.65. The number of fused-ring (bicyclic) bond motifs is 7. The molecule has 242 valence electrons. The smallest absolute Gasteiger partial charge is 0.160 e. The van der Waals surface area contributed by atoms with Crippen molar-refractivity contribution in [2.24, 2.45) is 0 Å². The molecule has 0 aliphatic carbocycles. The van der Waals surface area contributed by atoms with Gasteiger partial charge in [0.1, 0.15) is 5.82 Å². The maximum atomic E-state index is 9.62. The summed E-state index contributed by atoms with van der Waals surface area (Å²) in [6.45, 7) is 0. The van der Waals surface area contributed by atoms with Gasteiger partial charge in [0.25, 0.3) is 0 Å². The van der Waals surface area contributed by atoms with E-state index >= 15 is 0 Å². The maximum Gasteiger partial charge on any atom is 0.160 e. The highest BCUT2D eigenvalue weighted by Crippen LogP contribution is 2.42. The Morgan fingerprint density at radius 1 is 0.442 bits per heavy atom. The van der Waals surface area contributed by atoms with Gasteiger partial charge in [-0.2, -0.15) is 5.26 Å². The molecule has 6 nitrogen and oxygen atoms in total. The molecule has 0 atom stereocenters. The molecule has 6 heteroatoms. The molecule has 10 rings (SSSR count). The summed E-state index contributed by atoms with van der Waals surface area (Å²) in [6.07, 6.45) is 0. The number of para-hydroxylation sites is 3. The molecule has 10 aromatic rings. The van der Waals surface area contributed by atoms with E-state index in [2.05, 4.69) is 112 Å². The second-order valence-corrected chi connectivity index (χ2v) is 12.8. The fraction of sp³-hybridized carbons (Fsp3) is 0. The third-order valence-electron chi connectivity index (χ3n) is 9.76. The van der Waals surface area contributed by atoms with Gasteiger partial charge in [-0.3, -0.25) is 4.57 Å². The van der Waals surface area contributed by atoms with E-state index in [0.29, 0.717) is 17.1 Å². The molecule has 6 aromatic carbocycles. The summed E-state index contributed by atoms with van der Waals surface area (Å²) in [7, 11) is 0. The van der Waals surface area contributed by atoms with Crippen LogP contribution in [0.4, 0.5) is 0 Å². The molecule has 0 amide bonds. The Labute approximate surface area is 299 Å². The van der Waals surface area contributed by atoms with E-state index in [1.54, 1.807) is 6.07 Å². The molecule has 0 saturated heterocycles. The SMILES string of the molecule is N#Cc1cccc(-c2cc(-c3cccc(-n4c5ccccc5c5c4ccc4c6ccccc6n(-c6ccccc6)c45)n3)nc(-c3ccccc3)n2)c1. The normalized spacial score (nSPS) is 11.4. The van der Waals surface area contributed by atoms with Gasteiger partial charge in [-0.15, -0.1) is 0 Å². The second-order valence-electron chi connectivity index (χ2n) is 12.8. The summed E-state index contributed by atoms with van der Waals surface area (Å²) in [6, 6.07) is 60.1. The van der Waals surface area contributed by atoms with Gasteiger partial charge in [-0.25, -0.2) is 15.0 Å². The lowest BCUT2D eigenvalue weighted by molar-refractivity contribution is 1.07. The standard InChI is InChI=1S/C46H28N6/c47-29-30-13-11-16-32(27-30)38-28-39(50-46(49-38)31-14-3-1-4-15-31)37-21-12-24-43(48-37)52-41-23-10-8-20-36(41)44-42(52)26-25-35-34-19-7-9-22-40(34)51(45(35)44)33-17-5-2-6-18-33/h1-28H. The minimum absolute atomic E-state index is 0.575. The Morgan fingerprint density at radius 2 is 1.12 bits per heavy atom. The van der Waals surface area contributed by atoms with E-state index in [9.17, 15) is 5.26 Å². The van der Waals surface area contributed by atoms with Crippen molar-refractivity contribution in [3.8, 4) is 51.6 Å². The largest absolute Gasteiger partial charge is 0.309 e.